The molecule has 0 spiro atoms. The second-order valence-electron chi connectivity index (χ2n) is 4.43. The predicted octanol–water partition coefficient (Wildman–Crippen LogP) is 2.83. The highest BCUT2D eigenvalue weighted by Gasteiger charge is 2.21. The van der Waals surface area contributed by atoms with Gasteiger partial charge in [-0.25, -0.2) is 0 Å². The number of allylic oxidation sites excluding steroid dienone is 1. The molecule has 1 aliphatic rings. The molecule has 2 heterocycles. The summed E-state index contributed by atoms with van der Waals surface area (Å²) in [4.78, 5) is 15.1. The number of carbonyl (C=O) groups is 1. The molecule has 1 fully saturated rings. The lowest BCUT2D eigenvalue weighted by atomic mass is 10.2. The van der Waals surface area contributed by atoms with Gasteiger partial charge in [0.15, 0.2) is 0 Å². The Morgan fingerprint density at radius 3 is 3.17 bits per heavy atom. The lowest BCUT2D eigenvalue weighted by Crippen LogP contribution is -2.35. The maximum absolute atomic E-state index is 12.0. The van der Waals surface area contributed by atoms with Crippen molar-refractivity contribution in [1.82, 2.24) is 4.90 Å². The minimum Gasteiger partial charge on any atom is -0.376 e. The zero-order valence-electron chi connectivity index (χ0n) is 10.7. The van der Waals surface area contributed by atoms with Gasteiger partial charge in [-0.2, -0.15) is 0 Å². The summed E-state index contributed by atoms with van der Waals surface area (Å²) in [5.74, 6) is 0.0707. The molecule has 4 heteroatoms. The molecule has 1 aromatic rings. The lowest BCUT2D eigenvalue weighted by molar-refractivity contribution is -0.128. The van der Waals surface area contributed by atoms with E-state index >= 15 is 0 Å². The van der Waals surface area contributed by atoms with Gasteiger partial charge in [0.1, 0.15) is 0 Å². The molecule has 0 aromatic carbocycles. The van der Waals surface area contributed by atoms with Crippen LogP contribution in [0, 0.1) is 0 Å². The summed E-state index contributed by atoms with van der Waals surface area (Å²) >= 11 is 1.69. The van der Waals surface area contributed by atoms with Gasteiger partial charge in [-0.05, 0) is 37.3 Å². The Hall–Kier alpha value is -1.13. The Morgan fingerprint density at radius 2 is 2.56 bits per heavy atom. The average Bonchev–Trinajstić information content (AvgIpc) is 3.01. The minimum absolute atomic E-state index is 0.0707. The number of amides is 1. The molecule has 1 aliphatic heterocycles. The van der Waals surface area contributed by atoms with E-state index in [0.717, 1.165) is 19.4 Å². The molecule has 98 valence electrons. The van der Waals surface area contributed by atoms with Crippen LogP contribution in [0.15, 0.2) is 29.7 Å². The van der Waals surface area contributed by atoms with E-state index in [4.69, 9.17) is 4.74 Å². The Bertz CT molecular complexity index is 394. The van der Waals surface area contributed by atoms with E-state index < -0.39 is 0 Å². The smallest absolute Gasteiger partial charge is 0.246 e. The van der Waals surface area contributed by atoms with E-state index in [0.29, 0.717) is 13.1 Å². The van der Waals surface area contributed by atoms with Crippen molar-refractivity contribution in [1.29, 1.82) is 0 Å². The molecule has 1 saturated heterocycles. The standard InChI is InChI=1S/C14H19NO2S/c1-2-5-14(16)15(10-12-6-3-8-17-12)11-13-7-4-9-18-13/h2,4-5,7,9,12H,3,6,8,10-11H2,1H3. The third-order valence-corrected chi connectivity index (χ3v) is 3.86. The quantitative estimate of drug-likeness (QED) is 0.766. The molecule has 0 radical (unpaired) electrons. The fraction of sp³-hybridized carbons (Fsp3) is 0.500. The molecular formula is C14H19NO2S. The second kappa shape index (κ2) is 6.71. The Balaban J connectivity index is 1.99. The highest BCUT2D eigenvalue weighted by Crippen LogP contribution is 2.17. The van der Waals surface area contributed by atoms with Crippen LogP contribution in [0.1, 0.15) is 24.6 Å². The number of thiophene rings is 1. The molecular weight excluding hydrogens is 246 g/mol. The zero-order chi connectivity index (χ0) is 12.8. The van der Waals surface area contributed by atoms with Crippen LogP contribution in [0.4, 0.5) is 0 Å². The summed E-state index contributed by atoms with van der Waals surface area (Å²) in [6, 6.07) is 4.08. The summed E-state index contributed by atoms with van der Waals surface area (Å²) in [6.07, 6.45) is 5.79. The number of nitrogens with zero attached hydrogens (tertiary/aromatic N) is 1. The third-order valence-electron chi connectivity index (χ3n) is 3.00. The molecule has 1 aromatic heterocycles. The summed E-state index contributed by atoms with van der Waals surface area (Å²) < 4.78 is 5.62. The van der Waals surface area contributed by atoms with E-state index in [-0.39, 0.29) is 12.0 Å². The monoisotopic (exact) mass is 265 g/mol. The SMILES string of the molecule is CC=CC(=O)N(Cc1cccs1)CC1CCCO1. The molecule has 1 atom stereocenters. The summed E-state index contributed by atoms with van der Waals surface area (Å²) in [6.45, 7) is 4.07. The first kappa shape index (κ1) is 13.3. The fourth-order valence-electron chi connectivity index (χ4n) is 2.11. The zero-order valence-corrected chi connectivity index (χ0v) is 11.5. The van der Waals surface area contributed by atoms with Crippen molar-refractivity contribution in [2.24, 2.45) is 0 Å². The van der Waals surface area contributed by atoms with Crippen molar-refractivity contribution >= 4 is 17.2 Å². The Morgan fingerprint density at radius 1 is 1.67 bits per heavy atom. The number of rotatable bonds is 5. The van der Waals surface area contributed by atoms with Crippen LogP contribution in [0.2, 0.25) is 0 Å². The van der Waals surface area contributed by atoms with E-state index in [1.165, 1.54) is 4.88 Å². The van der Waals surface area contributed by atoms with Crippen molar-refractivity contribution < 1.29 is 9.53 Å². The second-order valence-corrected chi connectivity index (χ2v) is 5.47. The molecule has 3 nitrogen and oxygen atoms in total. The van der Waals surface area contributed by atoms with Crippen molar-refractivity contribution in [3.8, 4) is 0 Å². The summed E-state index contributed by atoms with van der Waals surface area (Å²) in [5.41, 5.74) is 0. The fourth-order valence-corrected chi connectivity index (χ4v) is 2.82. The van der Waals surface area contributed by atoms with Gasteiger partial charge in [0, 0.05) is 18.0 Å². The van der Waals surface area contributed by atoms with Gasteiger partial charge in [0.2, 0.25) is 5.91 Å². The van der Waals surface area contributed by atoms with Crippen LogP contribution in [0.3, 0.4) is 0 Å². The van der Waals surface area contributed by atoms with Crippen molar-refractivity contribution in [3.05, 3.63) is 34.5 Å². The van der Waals surface area contributed by atoms with E-state index in [1.807, 2.05) is 23.3 Å². The van der Waals surface area contributed by atoms with E-state index in [9.17, 15) is 4.79 Å². The molecule has 0 bridgehead atoms. The largest absolute Gasteiger partial charge is 0.376 e. The number of hydrogen-bond acceptors (Lipinski definition) is 3. The van der Waals surface area contributed by atoms with Crippen molar-refractivity contribution in [2.75, 3.05) is 13.2 Å². The topological polar surface area (TPSA) is 29.5 Å². The number of hydrogen-bond donors (Lipinski definition) is 0. The molecule has 0 N–H and O–H groups in total. The highest BCUT2D eigenvalue weighted by molar-refractivity contribution is 7.09. The van der Waals surface area contributed by atoms with Crippen LogP contribution >= 0.6 is 11.3 Å². The molecule has 0 aliphatic carbocycles. The van der Waals surface area contributed by atoms with E-state index in [1.54, 1.807) is 23.5 Å². The third kappa shape index (κ3) is 3.68. The first-order valence-electron chi connectivity index (χ1n) is 6.35. The van der Waals surface area contributed by atoms with Gasteiger partial charge in [-0.1, -0.05) is 12.1 Å². The van der Waals surface area contributed by atoms with Gasteiger partial charge < -0.3 is 9.64 Å². The van der Waals surface area contributed by atoms with Gasteiger partial charge in [0.05, 0.1) is 12.6 Å². The van der Waals surface area contributed by atoms with Gasteiger partial charge in [0.25, 0.3) is 0 Å². The first-order chi connectivity index (χ1) is 8.79. The van der Waals surface area contributed by atoms with Crippen LogP contribution in [0.5, 0.6) is 0 Å². The predicted molar refractivity (Wildman–Crippen MR) is 73.5 cm³/mol. The molecule has 0 saturated carbocycles. The van der Waals surface area contributed by atoms with Gasteiger partial charge >= 0.3 is 0 Å². The van der Waals surface area contributed by atoms with Crippen LogP contribution in [-0.4, -0.2) is 30.1 Å². The molecule has 18 heavy (non-hydrogen) atoms. The number of ether oxygens (including phenoxy) is 1. The van der Waals surface area contributed by atoms with Gasteiger partial charge in [-0.3, -0.25) is 4.79 Å². The molecule has 2 rings (SSSR count). The number of carbonyl (C=O) groups excluding carboxylic acids is 1. The molecule has 1 amide bonds. The maximum Gasteiger partial charge on any atom is 0.246 e. The van der Waals surface area contributed by atoms with Crippen molar-refractivity contribution in [2.45, 2.75) is 32.4 Å². The Labute approximate surface area is 112 Å². The molecule has 1 unspecified atom stereocenters. The highest BCUT2D eigenvalue weighted by atomic mass is 32.1. The minimum atomic E-state index is 0.0707. The van der Waals surface area contributed by atoms with Crippen LogP contribution in [-0.2, 0) is 16.1 Å². The van der Waals surface area contributed by atoms with Crippen LogP contribution in [0.25, 0.3) is 0 Å². The van der Waals surface area contributed by atoms with Crippen molar-refractivity contribution in [3.63, 3.8) is 0 Å². The summed E-state index contributed by atoms with van der Waals surface area (Å²) in [7, 11) is 0. The lowest BCUT2D eigenvalue weighted by Gasteiger charge is -2.23. The Kier molecular flexibility index (Phi) is 4.96. The normalized spacial score (nSPS) is 19.5. The maximum atomic E-state index is 12.0. The summed E-state index contributed by atoms with van der Waals surface area (Å²) in [5, 5.41) is 2.04. The van der Waals surface area contributed by atoms with Gasteiger partial charge in [-0.15, -0.1) is 11.3 Å². The first-order valence-corrected chi connectivity index (χ1v) is 7.23. The average molecular weight is 265 g/mol. The van der Waals surface area contributed by atoms with E-state index in [2.05, 4.69) is 6.07 Å². The van der Waals surface area contributed by atoms with Crippen LogP contribution < -0.4 is 0 Å².